The molecule has 5 nitrogen and oxygen atoms in total. The molecule has 0 amide bonds. The van der Waals surface area contributed by atoms with Gasteiger partial charge in [0.1, 0.15) is 0 Å². The number of carboxylic acids is 1. The molecule has 0 radical (unpaired) electrons. The number of carboxylic acid groups (broad SMARTS) is 1. The molecule has 2 aliphatic heterocycles. The van der Waals surface area contributed by atoms with Gasteiger partial charge in [-0.25, -0.2) is 0 Å². The molecule has 6 heteroatoms. The van der Waals surface area contributed by atoms with E-state index in [1.165, 1.54) is 0 Å². The number of aliphatic carboxylic acids is 1. The highest BCUT2D eigenvalue weighted by Crippen LogP contribution is 2.37. The van der Waals surface area contributed by atoms with Crippen molar-refractivity contribution in [3.05, 3.63) is 22.7 Å². The van der Waals surface area contributed by atoms with Crippen LogP contribution in [-0.2, 0) is 11.3 Å². The normalized spacial score (nSPS) is 21.4. The number of halogens is 1. The Labute approximate surface area is 122 Å². The molecule has 2 aliphatic rings. The van der Waals surface area contributed by atoms with Crippen molar-refractivity contribution in [1.82, 2.24) is 4.90 Å². The molecule has 20 heavy (non-hydrogen) atoms. The van der Waals surface area contributed by atoms with E-state index in [-0.39, 0.29) is 19.1 Å². The third kappa shape index (κ3) is 2.83. The summed E-state index contributed by atoms with van der Waals surface area (Å²) in [6.07, 6.45) is 1.17. The van der Waals surface area contributed by atoms with E-state index in [1.807, 2.05) is 6.07 Å². The van der Waals surface area contributed by atoms with E-state index >= 15 is 0 Å². The number of ether oxygens (including phenoxy) is 2. The summed E-state index contributed by atoms with van der Waals surface area (Å²) in [5, 5.41) is 9.49. The first kappa shape index (κ1) is 13.5. The molecular weight excluding hydrogens is 282 g/mol. The highest BCUT2D eigenvalue weighted by Gasteiger charge is 2.25. The Morgan fingerprint density at radius 1 is 1.40 bits per heavy atom. The number of hydrogen-bond acceptors (Lipinski definition) is 4. The van der Waals surface area contributed by atoms with Crippen molar-refractivity contribution < 1.29 is 19.4 Å². The molecule has 0 bridgehead atoms. The molecule has 0 aliphatic carbocycles. The molecule has 0 unspecified atom stereocenters. The summed E-state index contributed by atoms with van der Waals surface area (Å²) in [4.78, 5) is 13.0. The average Bonchev–Trinajstić information content (AvgIpc) is 2.98. The highest BCUT2D eigenvalue weighted by atomic mass is 35.5. The Kier molecular flexibility index (Phi) is 3.72. The first-order valence-corrected chi connectivity index (χ1v) is 7.02. The zero-order chi connectivity index (χ0) is 14.1. The Morgan fingerprint density at radius 2 is 2.15 bits per heavy atom. The van der Waals surface area contributed by atoms with Gasteiger partial charge in [0.25, 0.3) is 0 Å². The molecule has 108 valence electrons. The van der Waals surface area contributed by atoms with Crippen LogP contribution in [-0.4, -0.2) is 35.9 Å². The lowest BCUT2D eigenvalue weighted by Gasteiger charge is -2.17. The molecular formula is C14H16ClNO4. The summed E-state index contributed by atoms with van der Waals surface area (Å²) in [7, 11) is 0. The first-order valence-electron chi connectivity index (χ1n) is 6.64. The van der Waals surface area contributed by atoms with Gasteiger partial charge in [-0.1, -0.05) is 11.6 Å². The lowest BCUT2D eigenvalue weighted by Crippen LogP contribution is -2.21. The van der Waals surface area contributed by atoms with Crippen LogP contribution in [0.3, 0.4) is 0 Å². The number of fused-ring (bicyclic) bond motifs is 1. The Bertz CT molecular complexity index is 534. The largest absolute Gasteiger partial charge is 0.481 e. The van der Waals surface area contributed by atoms with Gasteiger partial charge in [-0.15, -0.1) is 0 Å². The van der Waals surface area contributed by atoms with Gasteiger partial charge >= 0.3 is 5.97 Å². The van der Waals surface area contributed by atoms with E-state index in [4.69, 9.17) is 26.2 Å². The van der Waals surface area contributed by atoms with E-state index in [1.54, 1.807) is 6.07 Å². The van der Waals surface area contributed by atoms with Crippen molar-refractivity contribution in [3.63, 3.8) is 0 Å². The topological polar surface area (TPSA) is 59.0 Å². The minimum absolute atomic E-state index is 0.236. The number of likely N-dealkylation sites (tertiary alicyclic amines) is 1. The zero-order valence-corrected chi connectivity index (χ0v) is 11.7. The van der Waals surface area contributed by atoms with Crippen molar-refractivity contribution >= 4 is 17.6 Å². The van der Waals surface area contributed by atoms with Crippen LogP contribution in [0.1, 0.15) is 18.4 Å². The fourth-order valence-corrected chi connectivity index (χ4v) is 3.00. The van der Waals surface area contributed by atoms with Crippen molar-refractivity contribution in [1.29, 1.82) is 0 Å². The molecule has 1 saturated heterocycles. The van der Waals surface area contributed by atoms with Crippen LogP contribution in [0.2, 0.25) is 5.02 Å². The lowest BCUT2D eigenvalue weighted by molar-refractivity contribution is -0.138. The molecule has 2 heterocycles. The zero-order valence-electron chi connectivity index (χ0n) is 11.0. The quantitative estimate of drug-likeness (QED) is 0.924. The van der Waals surface area contributed by atoms with Crippen LogP contribution in [0.15, 0.2) is 12.1 Å². The van der Waals surface area contributed by atoms with Crippen LogP contribution in [0.25, 0.3) is 0 Å². The minimum atomic E-state index is -0.724. The number of benzene rings is 1. The van der Waals surface area contributed by atoms with Gasteiger partial charge in [-0.3, -0.25) is 9.69 Å². The highest BCUT2D eigenvalue weighted by molar-refractivity contribution is 6.31. The maximum atomic E-state index is 10.7. The van der Waals surface area contributed by atoms with E-state index < -0.39 is 5.97 Å². The Hall–Kier alpha value is -1.46. The second-order valence-corrected chi connectivity index (χ2v) is 5.69. The predicted octanol–water partition coefficient (Wildman–Crippen LogP) is 2.37. The molecule has 1 aromatic carbocycles. The Balaban J connectivity index is 1.65. The lowest BCUT2D eigenvalue weighted by atomic mass is 10.1. The summed E-state index contributed by atoms with van der Waals surface area (Å²) in [6, 6.07) is 3.69. The molecule has 1 atom stereocenters. The van der Waals surface area contributed by atoms with Gasteiger partial charge in [0.15, 0.2) is 11.5 Å². The van der Waals surface area contributed by atoms with Gasteiger partial charge in [0.05, 0.1) is 0 Å². The number of hydrogen-bond donors (Lipinski definition) is 1. The monoisotopic (exact) mass is 297 g/mol. The van der Waals surface area contributed by atoms with Crippen LogP contribution in [0, 0.1) is 5.92 Å². The number of carbonyl (C=O) groups is 1. The Morgan fingerprint density at radius 3 is 2.90 bits per heavy atom. The molecule has 1 N–H and O–H groups in total. The minimum Gasteiger partial charge on any atom is -0.481 e. The van der Waals surface area contributed by atoms with Gasteiger partial charge in [0, 0.05) is 30.6 Å². The summed E-state index contributed by atoms with van der Waals surface area (Å²) in [6.45, 7) is 2.66. The van der Waals surface area contributed by atoms with Crippen LogP contribution in [0.4, 0.5) is 0 Å². The summed E-state index contributed by atoms with van der Waals surface area (Å²) in [5.74, 6) is 0.924. The van der Waals surface area contributed by atoms with Crippen molar-refractivity contribution in [3.8, 4) is 11.5 Å². The third-order valence-corrected chi connectivity index (χ3v) is 4.12. The van der Waals surface area contributed by atoms with Crippen molar-refractivity contribution in [2.75, 3.05) is 19.9 Å². The fraction of sp³-hybridized carbons (Fsp3) is 0.500. The van der Waals surface area contributed by atoms with Gasteiger partial charge in [-0.05, 0) is 30.5 Å². The predicted molar refractivity (Wildman–Crippen MR) is 73.2 cm³/mol. The van der Waals surface area contributed by atoms with E-state index in [2.05, 4.69) is 4.90 Å². The fourth-order valence-electron chi connectivity index (χ4n) is 2.79. The molecule has 1 fully saturated rings. The molecule has 0 aromatic heterocycles. The van der Waals surface area contributed by atoms with Crippen molar-refractivity contribution in [2.24, 2.45) is 5.92 Å². The molecule has 0 spiro atoms. The van der Waals surface area contributed by atoms with Gasteiger partial charge < -0.3 is 14.6 Å². The van der Waals surface area contributed by atoms with E-state index in [0.29, 0.717) is 17.3 Å². The number of nitrogens with zero attached hydrogens (tertiary/aromatic N) is 1. The number of rotatable bonds is 4. The average molecular weight is 298 g/mol. The summed E-state index contributed by atoms with van der Waals surface area (Å²) >= 11 is 6.25. The standard InChI is InChI=1S/C14H16ClNO4/c15-11-5-13-12(19-8-20-13)4-10(11)7-16-2-1-9(6-16)3-14(17)18/h4-5,9H,1-3,6-8H2,(H,17,18)/t9-/m1/s1. The SMILES string of the molecule is O=C(O)C[C@H]1CCN(Cc2cc3c(cc2Cl)OCO3)C1. The van der Waals surface area contributed by atoms with Gasteiger partial charge in [0.2, 0.25) is 6.79 Å². The van der Waals surface area contributed by atoms with E-state index in [9.17, 15) is 4.79 Å². The van der Waals surface area contributed by atoms with Crippen LogP contribution >= 0.6 is 11.6 Å². The maximum absolute atomic E-state index is 10.7. The smallest absolute Gasteiger partial charge is 0.303 e. The van der Waals surface area contributed by atoms with Crippen LogP contribution in [0.5, 0.6) is 11.5 Å². The van der Waals surface area contributed by atoms with Crippen LogP contribution < -0.4 is 9.47 Å². The second kappa shape index (κ2) is 5.50. The molecule has 3 rings (SSSR count). The summed E-state index contributed by atoms with van der Waals surface area (Å²) < 4.78 is 10.6. The third-order valence-electron chi connectivity index (χ3n) is 3.77. The van der Waals surface area contributed by atoms with Gasteiger partial charge in [-0.2, -0.15) is 0 Å². The molecule has 1 aromatic rings. The molecule has 0 saturated carbocycles. The van der Waals surface area contributed by atoms with Crippen molar-refractivity contribution in [2.45, 2.75) is 19.4 Å². The first-order chi connectivity index (χ1) is 9.61. The summed E-state index contributed by atoms with van der Waals surface area (Å²) in [5.41, 5.74) is 0.992. The second-order valence-electron chi connectivity index (χ2n) is 5.28. The van der Waals surface area contributed by atoms with E-state index in [0.717, 1.165) is 30.8 Å². The maximum Gasteiger partial charge on any atom is 0.303 e.